The van der Waals surface area contributed by atoms with Crippen LogP contribution in [0.25, 0.3) is 0 Å². The van der Waals surface area contributed by atoms with Crippen molar-refractivity contribution in [2.75, 3.05) is 12.8 Å². The molecule has 0 bridgehead atoms. The van der Waals surface area contributed by atoms with Crippen molar-refractivity contribution in [1.82, 2.24) is 5.32 Å². The van der Waals surface area contributed by atoms with Crippen LogP contribution in [-0.4, -0.2) is 22.3 Å². The number of halogens is 2. The summed E-state index contributed by atoms with van der Waals surface area (Å²) in [5.41, 5.74) is 0. The van der Waals surface area contributed by atoms with Gasteiger partial charge in [0.1, 0.15) is 5.76 Å². The fourth-order valence-electron chi connectivity index (χ4n) is 1.16. The molecule has 0 saturated heterocycles. The van der Waals surface area contributed by atoms with Crippen molar-refractivity contribution < 1.29 is 8.63 Å². The molecular weight excluding hydrogens is 358 g/mol. The summed E-state index contributed by atoms with van der Waals surface area (Å²) in [6.07, 6.45) is 2.65. The normalized spacial score (nSPS) is 15.0. The molecule has 2 atom stereocenters. The Labute approximate surface area is 115 Å². The first-order valence-corrected chi connectivity index (χ1v) is 8.18. The molecule has 0 radical (unpaired) electrons. The molecule has 0 amide bonds. The first-order chi connectivity index (χ1) is 7.50. The molecule has 16 heavy (non-hydrogen) atoms. The summed E-state index contributed by atoms with van der Waals surface area (Å²) in [6.45, 7) is 3.53. The average Bonchev–Trinajstić information content (AvgIpc) is 2.53. The number of furan rings is 1. The van der Waals surface area contributed by atoms with Gasteiger partial charge in [0, 0.05) is 22.3 Å². The summed E-state index contributed by atoms with van der Waals surface area (Å²) < 4.78 is 18.2. The largest absolute Gasteiger partial charge is 0.452 e. The van der Waals surface area contributed by atoms with Gasteiger partial charge in [-0.05, 0) is 50.9 Å². The maximum atomic E-state index is 11.1. The standard InChI is InChI=1S/C10H15Br2NO2S/c1-7(16(2)14)3-4-13-6-8-5-9(11)10(12)15-8/h5,7,13H,3-4,6H2,1-2H3. The van der Waals surface area contributed by atoms with Crippen molar-refractivity contribution in [2.45, 2.75) is 25.1 Å². The highest BCUT2D eigenvalue weighted by Crippen LogP contribution is 2.26. The van der Waals surface area contributed by atoms with Gasteiger partial charge in [-0.25, -0.2) is 0 Å². The Kier molecular flexibility index (Phi) is 6.25. The van der Waals surface area contributed by atoms with E-state index in [0.29, 0.717) is 11.2 Å². The fourth-order valence-corrected chi connectivity index (χ4v) is 2.27. The van der Waals surface area contributed by atoms with Crippen LogP contribution in [0.15, 0.2) is 19.6 Å². The van der Waals surface area contributed by atoms with Gasteiger partial charge < -0.3 is 9.73 Å². The zero-order valence-corrected chi connectivity index (χ0v) is 13.2. The Balaban J connectivity index is 2.23. The van der Waals surface area contributed by atoms with Crippen molar-refractivity contribution in [3.63, 3.8) is 0 Å². The number of hydrogen-bond acceptors (Lipinski definition) is 3. The fraction of sp³-hybridized carbons (Fsp3) is 0.600. The minimum absolute atomic E-state index is 0.238. The van der Waals surface area contributed by atoms with Crippen molar-refractivity contribution in [2.24, 2.45) is 0 Å². The van der Waals surface area contributed by atoms with Crippen molar-refractivity contribution in [3.05, 3.63) is 21.0 Å². The lowest BCUT2D eigenvalue weighted by atomic mass is 10.3. The molecule has 0 fully saturated rings. The van der Waals surface area contributed by atoms with Crippen LogP contribution in [0.1, 0.15) is 19.1 Å². The third kappa shape index (κ3) is 4.69. The van der Waals surface area contributed by atoms with E-state index in [2.05, 4.69) is 37.2 Å². The molecule has 0 aliphatic rings. The summed E-state index contributed by atoms with van der Waals surface area (Å²) in [4.78, 5) is 0. The van der Waals surface area contributed by atoms with Crippen LogP contribution in [0.4, 0.5) is 0 Å². The van der Waals surface area contributed by atoms with Crippen LogP contribution in [0.2, 0.25) is 0 Å². The van der Waals surface area contributed by atoms with Gasteiger partial charge in [-0.3, -0.25) is 4.21 Å². The zero-order chi connectivity index (χ0) is 12.1. The quantitative estimate of drug-likeness (QED) is 0.780. The van der Waals surface area contributed by atoms with Gasteiger partial charge in [-0.1, -0.05) is 6.92 Å². The third-order valence-corrected chi connectivity index (χ3v) is 5.37. The number of nitrogens with one attached hydrogen (secondary N) is 1. The van der Waals surface area contributed by atoms with Crippen molar-refractivity contribution in [3.8, 4) is 0 Å². The number of rotatable bonds is 6. The summed E-state index contributed by atoms with van der Waals surface area (Å²) >= 11 is 6.64. The highest BCUT2D eigenvalue weighted by molar-refractivity contribution is 9.13. The van der Waals surface area contributed by atoms with Crippen LogP contribution in [0.3, 0.4) is 0 Å². The smallest absolute Gasteiger partial charge is 0.183 e. The highest BCUT2D eigenvalue weighted by atomic mass is 79.9. The molecule has 3 nitrogen and oxygen atoms in total. The van der Waals surface area contributed by atoms with E-state index in [4.69, 9.17) is 4.42 Å². The van der Waals surface area contributed by atoms with E-state index in [0.717, 1.165) is 23.2 Å². The molecule has 1 N–H and O–H groups in total. The zero-order valence-electron chi connectivity index (χ0n) is 9.26. The molecule has 92 valence electrons. The molecule has 0 saturated carbocycles. The lowest BCUT2D eigenvalue weighted by Crippen LogP contribution is -2.20. The summed E-state index contributed by atoms with van der Waals surface area (Å²) in [5, 5.41) is 3.50. The molecular formula is C10H15Br2NO2S. The summed E-state index contributed by atoms with van der Waals surface area (Å²) in [5.74, 6) is 0.879. The van der Waals surface area contributed by atoms with E-state index < -0.39 is 10.8 Å². The van der Waals surface area contributed by atoms with Crippen LogP contribution in [0.5, 0.6) is 0 Å². The average molecular weight is 373 g/mol. The minimum Gasteiger partial charge on any atom is -0.452 e. The van der Waals surface area contributed by atoms with Gasteiger partial charge in [-0.15, -0.1) is 0 Å². The Morgan fingerprint density at radius 2 is 2.25 bits per heavy atom. The molecule has 1 rings (SSSR count). The van der Waals surface area contributed by atoms with Gasteiger partial charge in [0.2, 0.25) is 0 Å². The lowest BCUT2D eigenvalue weighted by molar-refractivity contribution is 0.463. The van der Waals surface area contributed by atoms with E-state index in [1.165, 1.54) is 0 Å². The monoisotopic (exact) mass is 371 g/mol. The maximum Gasteiger partial charge on any atom is 0.183 e. The minimum atomic E-state index is -0.736. The topological polar surface area (TPSA) is 42.2 Å². The lowest BCUT2D eigenvalue weighted by Gasteiger charge is -2.07. The molecule has 1 aromatic heterocycles. The van der Waals surface area contributed by atoms with E-state index in [1.807, 2.05) is 13.0 Å². The van der Waals surface area contributed by atoms with Crippen molar-refractivity contribution >= 4 is 42.7 Å². The molecule has 1 aromatic rings. The first kappa shape index (κ1) is 14.4. The molecule has 6 heteroatoms. The molecule has 0 aliphatic heterocycles. The predicted molar refractivity (Wildman–Crippen MR) is 74.0 cm³/mol. The maximum absolute atomic E-state index is 11.1. The van der Waals surface area contributed by atoms with Gasteiger partial charge >= 0.3 is 0 Å². The van der Waals surface area contributed by atoms with Crippen LogP contribution in [-0.2, 0) is 17.3 Å². The number of hydrogen-bond donors (Lipinski definition) is 1. The second kappa shape index (κ2) is 6.93. The van der Waals surface area contributed by atoms with Gasteiger partial charge in [0.15, 0.2) is 4.67 Å². The third-order valence-electron chi connectivity index (χ3n) is 2.29. The summed E-state index contributed by atoms with van der Waals surface area (Å²) in [6, 6.07) is 1.93. The van der Waals surface area contributed by atoms with Crippen LogP contribution < -0.4 is 5.32 Å². The Morgan fingerprint density at radius 3 is 2.75 bits per heavy atom. The Morgan fingerprint density at radius 1 is 1.56 bits per heavy atom. The van der Waals surface area contributed by atoms with E-state index in [9.17, 15) is 4.21 Å². The second-order valence-electron chi connectivity index (χ2n) is 3.61. The highest BCUT2D eigenvalue weighted by Gasteiger charge is 2.07. The van der Waals surface area contributed by atoms with Gasteiger partial charge in [0.05, 0.1) is 11.0 Å². The SMILES string of the molecule is CC(CCNCc1cc(Br)c(Br)o1)S(C)=O. The first-order valence-electron chi connectivity index (χ1n) is 4.97. The molecule has 0 aromatic carbocycles. The van der Waals surface area contributed by atoms with Crippen LogP contribution in [0, 0.1) is 0 Å². The van der Waals surface area contributed by atoms with Crippen LogP contribution >= 0.6 is 31.9 Å². The Bertz CT molecular complexity index is 348. The second-order valence-corrected chi connectivity index (χ2v) is 6.99. The van der Waals surface area contributed by atoms with Gasteiger partial charge in [0.25, 0.3) is 0 Å². The van der Waals surface area contributed by atoms with Crippen molar-refractivity contribution in [1.29, 1.82) is 0 Å². The molecule has 1 heterocycles. The van der Waals surface area contributed by atoms with E-state index >= 15 is 0 Å². The van der Waals surface area contributed by atoms with Gasteiger partial charge in [-0.2, -0.15) is 0 Å². The molecule has 2 unspecified atom stereocenters. The molecule has 0 aliphatic carbocycles. The van der Waals surface area contributed by atoms with E-state index in [1.54, 1.807) is 6.26 Å². The molecule has 0 spiro atoms. The van der Waals surface area contributed by atoms with E-state index in [-0.39, 0.29) is 5.25 Å². The Hall–Kier alpha value is 0.350. The summed E-state index contributed by atoms with van der Waals surface area (Å²) in [7, 11) is -0.736. The predicted octanol–water partition coefficient (Wildman–Crippen LogP) is 3.05.